The number of fused-ring (bicyclic) bond motifs is 4. The largest absolute Gasteiger partial charge is 0.212 e. The molecule has 0 amide bonds. The summed E-state index contributed by atoms with van der Waals surface area (Å²) in [6.07, 6.45) is 1.04. The Bertz CT molecular complexity index is 729. The van der Waals surface area contributed by atoms with Gasteiger partial charge in [-0.2, -0.15) is 9.78 Å². The van der Waals surface area contributed by atoms with Crippen LogP contribution >= 0.6 is 11.8 Å². The van der Waals surface area contributed by atoms with Crippen LogP contribution in [0.4, 0.5) is 0 Å². The maximum absolute atomic E-state index is 4.86. The minimum absolute atomic E-state index is 0.330. The van der Waals surface area contributed by atoms with Gasteiger partial charge in [0, 0.05) is 11.5 Å². The van der Waals surface area contributed by atoms with Crippen molar-refractivity contribution >= 4 is 17.5 Å². The third-order valence-electron chi connectivity index (χ3n) is 3.86. The van der Waals surface area contributed by atoms with Crippen LogP contribution in [0.2, 0.25) is 0 Å². The summed E-state index contributed by atoms with van der Waals surface area (Å²) in [5, 5.41) is 14.7. The highest BCUT2D eigenvalue weighted by Crippen LogP contribution is 2.38. The van der Waals surface area contributed by atoms with Crippen LogP contribution in [-0.2, 0) is 6.42 Å². The van der Waals surface area contributed by atoms with Crippen LogP contribution in [0.25, 0.3) is 0 Å². The lowest BCUT2D eigenvalue weighted by atomic mass is 10.1. The third kappa shape index (κ3) is 1.66. The van der Waals surface area contributed by atoms with E-state index in [1.54, 1.807) is 11.8 Å². The molecule has 0 radical (unpaired) electrons. The van der Waals surface area contributed by atoms with E-state index in [0.29, 0.717) is 11.2 Å². The molecule has 2 aliphatic rings. The zero-order chi connectivity index (χ0) is 13.9. The van der Waals surface area contributed by atoms with Crippen LogP contribution < -0.4 is 0 Å². The van der Waals surface area contributed by atoms with Gasteiger partial charge in [0.15, 0.2) is 5.82 Å². The molecule has 1 aliphatic carbocycles. The number of hydrogen-bond donors (Lipinski definition) is 0. The molecule has 0 saturated carbocycles. The highest BCUT2D eigenvalue weighted by Gasteiger charge is 2.35. The zero-order valence-electron chi connectivity index (χ0n) is 11.8. The number of rotatable bonds is 1. The van der Waals surface area contributed by atoms with Crippen LogP contribution in [0.5, 0.6) is 0 Å². The first-order valence-electron chi connectivity index (χ1n) is 6.94. The fraction of sp³-hybridized carbons (Fsp3) is 0.400. The van der Waals surface area contributed by atoms with Crippen LogP contribution in [0.15, 0.2) is 28.5 Å². The lowest BCUT2D eigenvalue weighted by Crippen LogP contribution is -2.20. The van der Waals surface area contributed by atoms with Gasteiger partial charge in [0.05, 0.1) is 11.0 Å². The highest BCUT2D eigenvalue weighted by atomic mass is 32.2. The molecule has 20 heavy (non-hydrogen) atoms. The van der Waals surface area contributed by atoms with Crippen molar-refractivity contribution in [3.05, 3.63) is 40.7 Å². The quantitative estimate of drug-likeness (QED) is 0.808. The number of thioether (sulfide) groups is 1. The Kier molecular flexibility index (Phi) is 2.54. The second-order valence-electron chi connectivity index (χ2n) is 5.76. The summed E-state index contributed by atoms with van der Waals surface area (Å²) in [5.74, 6) is 1.27. The molecule has 1 aromatic carbocycles. The molecular formula is C15H16N4S. The molecule has 4 nitrogen and oxygen atoms in total. The molecule has 0 saturated heterocycles. The number of aryl methyl sites for hydroxylation is 1. The molecule has 1 atom stereocenters. The Balaban J connectivity index is 1.88. The number of aromatic nitrogens is 3. The minimum Gasteiger partial charge on any atom is -0.191 e. The first kappa shape index (κ1) is 12.1. The Morgan fingerprint density at radius 2 is 2.15 bits per heavy atom. The molecular weight excluding hydrogens is 268 g/mol. The maximum atomic E-state index is 4.86. The van der Waals surface area contributed by atoms with Crippen molar-refractivity contribution in [3.63, 3.8) is 0 Å². The number of nitrogens with zero attached hydrogens (tertiary/aromatic N) is 4. The molecule has 0 fully saturated rings. The first-order valence-corrected chi connectivity index (χ1v) is 7.82. The van der Waals surface area contributed by atoms with Crippen molar-refractivity contribution in [1.82, 2.24) is 14.9 Å². The maximum Gasteiger partial charge on any atom is 0.212 e. The summed E-state index contributed by atoms with van der Waals surface area (Å²) in [6, 6.07) is 6.66. The lowest BCUT2D eigenvalue weighted by Gasteiger charge is -2.17. The van der Waals surface area contributed by atoms with Gasteiger partial charge in [0.25, 0.3) is 0 Å². The standard InChI is InChI=1S/C15H16N4S/c1-8(2)14-16-17-15-19(14)18-13-11-6-9(3)4-5-10(11)7-12(13)20-15/h4-6,8,12H,7H2,1-3H3. The van der Waals surface area contributed by atoms with Gasteiger partial charge in [-0.1, -0.05) is 43.3 Å². The molecule has 102 valence electrons. The van der Waals surface area contributed by atoms with E-state index >= 15 is 0 Å². The van der Waals surface area contributed by atoms with E-state index in [1.807, 2.05) is 4.68 Å². The monoisotopic (exact) mass is 284 g/mol. The molecule has 0 bridgehead atoms. The summed E-state index contributed by atoms with van der Waals surface area (Å²) in [5.41, 5.74) is 5.17. The topological polar surface area (TPSA) is 43.1 Å². The smallest absolute Gasteiger partial charge is 0.191 e. The van der Waals surface area contributed by atoms with Crippen LogP contribution in [-0.4, -0.2) is 25.8 Å². The van der Waals surface area contributed by atoms with E-state index in [4.69, 9.17) is 5.10 Å². The fourth-order valence-corrected chi connectivity index (χ4v) is 3.96. The third-order valence-corrected chi connectivity index (χ3v) is 5.00. The first-order chi connectivity index (χ1) is 9.63. The van der Waals surface area contributed by atoms with Gasteiger partial charge >= 0.3 is 0 Å². The van der Waals surface area contributed by atoms with Crippen molar-refractivity contribution in [2.45, 2.75) is 43.5 Å². The van der Waals surface area contributed by atoms with Crippen LogP contribution in [0.1, 0.15) is 42.3 Å². The van der Waals surface area contributed by atoms with Crippen LogP contribution in [0, 0.1) is 6.92 Å². The van der Waals surface area contributed by atoms with Gasteiger partial charge in [-0.15, -0.1) is 10.2 Å². The van der Waals surface area contributed by atoms with E-state index in [2.05, 4.69) is 49.2 Å². The Morgan fingerprint density at radius 3 is 2.95 bits per heavy atom. The second kappa shape index (κ2) is 4.19. The van der Waals surface area contributed by atoms with Gasteiger partial charge in [0.1, 0.15) is 0 Å². The second-order valence-corrected chi connectivity index (χ2v) is 6.93. The predicted molar refractivity (Wildman–Crippen MR) is 80.6 cm³/mol. The van der Waals surface area contributed by atoms with Crippen molar-refractivity contribution < 1.29 is 0 Å². The summed E-state index contributed by atoms with van der Waals surface area (Å²) >= 11 is 1.79. The van der Waals surface area contributed by atoms with Gasteiger partial charge in [0.2, 0.25) is 5.16 Å². The van der Waals surface area contributed by atoms with E-state index < -0.39 is 0 Å². The molecule has 4 rings (SSSR count). The average molecular weight is 284 g/mol. The van der Waals surface area contributed by atoms with Gasteiger partial charge in [-0.3, -0.25) is 0 Å². The molecule has 1 unspecified atom stereocenters. The van der Waals surface area contributed by atoms with E-state index in [1.165, 1.54) is 22.4 Å². The molecule has 0 spiro atoms. The number of hydrogen-bond acceptors (Lipinski definition) is 4. The molecule has 1 aromatic heterocycles. The van der Waals surface area contributed by atoms with Crippen molar-refractivity contribution in [3.8, 4) is 0 Å². The summed E-state index contributed by atoms with van der Waals surface area (Å²) in [4.78, 5) is 0. The summed E-state index contributed by atoms with van der Waals surface area (Å²) in [6.45, 7) is 6.38. The van der Waals surface area contributed by atoms with Gasteiger partial charge < -0.3 is 0 Å². The predicted octanol–water partition coefficient (Wildman–Crippen LogP) is 2.99. The lowest BCUT2D eigenvalue weighted by molar-refractivity contribution is 0.659. The molecule has 0 N–H and O–H groups in total. The Hall–Kier alpha value is -1.62. The number of benzene rings is 1. The highest BCUT2D eigenvalue weighted by molar-refractivity contribution is 8.00. The summed E-state index contributed by atoms with van der Waals surface area (Å²) < 4.78 is 1.93. The van der Waals surface area contributed by atoms with Crippen molar-refractivity contribution in [2.75, 3.05) is 0 Å². The SMILES string of the molecule is Cc1ccc2c(c1)C1=Nn3c(nnc3C(C)C)SC1C2. The van der Waals surface area contributed by atoms with Crippen molar-refractivity contribution in [1.29, 1.82) is 0 Å². The molecule has 2 heterocycles. The fourth-order valence-electron chi connectivity index (χ4n) is 2.83. The van der Waals surface area contributed by atoms with E-state index in [0.717, 1.165) is 17.4 Å². The van der Waals surface area contributed by atoms with Crippen molar-refractivity contribution in [2.24, 2.45) is 5.10 Å². The molecule has 5 heteroatoms. The minimum atomic E-state index is 0.330. The van der Waals surface area contributed by atoms with E-state index in [9.17, 15) is 0 Å². The summed E-state index contributed by atoms with van der Waals surface area (Å²) in [7, 11) is 0. The van der Waals surface area contributed by atoms with Gasteiger partial charge in [-0.25, -0.2) is 0 Å². The van der Waals surface area contributed by atoms with Gasteiger partial charge in [-0.05, 0) is 25.0 Å². The Labute approximate surface area is 122 Å². The Morgan fingerprint density at radius 1 is 1.30 bits per heavy atom. The molecule has 2 aromatic rings. The van der Waals surface area contributed by atoms with Crippen LogP contribution in [0.3, 0.4) is 0 Å². The normalized spacial score (nSPS) is 19.6. The van der Waals surface area contributed by atoms with E-state index in [-0.39, 0.29) is 0 Å². The average Bonchev–Trinajstić information content (AvgIpc) is 2.96. The molecule has 1 aliphatic heterocycles. The zero-order valence-corrected chi connectivity index (χ0v) is 12.6.